The lowest BCUT2D eigenvalue weighted by atomic mass is 9.87. The van der Waals surface area contributed by atoms with Gasteiger partial charge in [0.1, 0.15) is 0 Å². The average Bonchev–Trinajstić information content (AvgIpc) is 2.49. The Bertz CT molecular complexity index is 424. The second-order valence-electron chi connectivity index (χ2n) is 7.47. The molecule has 1 aliphatic rings. The van der Waals surface area contributed by atoms with Crippen molar-refractivity contribution in [2.75, 3.05) is 52.4 Å². The topological polar surface area (TPSA) is 39.3 Å². The molecule has 0 bridgehead atoms. The minimum atomic E-state index is 0.230. The van der Waals surface area contributed by atoms with Crippen LogP contribution < -0.4 is 16.0 Å². The summed E-state index contributed by atoms with van der Waals surface area (Å²) in [5.41, 5.74) is 3.05. The van der Waals surface area contributed by atoms with Crippen LogP contribution in [0.2, 0.25) is 0 Å². The lowest BCUT2D eigenvalue weighted by molar-refractivity contribution is 0.263. The average molecular weight is 319 g/mol. The summed E-state index contributed by atoms with van der Waals surface area (Å²) >= 11 is 0. The molecule has 0 aromatic heterocycles. The first-order valence-electron chi connectivity index (χ1n) is 8.99. The van der Waals surface area contributed by atoms with E-state index < -0.39 is 0 Å². The van der Waals surface area contributed by atoms with E-state index in [-0.39, 0.29) is 5.41 Å². The van der Waals surface area contributed by atoms with Gasteiger partial charge in [-0.05, 0) is 16.5 Å². The van der Waals surface area contributed by atoms with Crippen molar-refractivity contribution in [1.82, 2.24) is 20.9 Å². The smallest absolute Gasteiger partial charge is 0.0234 e. The van der Waals surface area contributed by atoms with E-state index in [1.54, 1.807) is 0 Å². The lowest BCUT2D eigenvalue weighted by Gasteiger charge is -2.24. The summed E-state index contributed by atoms with van der Waals surface area (Å²) in [4.78, 5) is 2.54. The molecule has 1 aliphatic heterocycles. The highest BCUT2D eigenvalue weighted by Gasteiger charge is 2.13. The fourth-order valence-corrected chi connectivity index (χ4v) is 2.84. The zero-order chi connectivity index (χ0) is 16.5. The van der Waals surface area contributed by atoms with Crippen LogP contribution in [0.15, 0.2) is 24.3 Å². The highest BCUT2D eigenvalue weighted by molar-refractivity contribution is 5.27. The lowest BCUT2D eigenvalue weighted by Crippen LogP contribution is -2.41. The quantitative estimate of drug-likeness (QED) is 0.774. The molecule has 0 amide bonds. The normalized spacial score (nSPS) is 19.8. The molecule has 23 heavy (non-hydrogen) atoms. The molecule has 130 valence electrons. The van der Waals surface area contributed by atoms with Crippen molar-refractivity contribution in [3.8, 4) is 0 Å². The van der Waals surface area contributed by atoms with Gasteiger partial charge in [0, 0.05) is 58.9 Å². The predicted molar refractivity (Wildman–Crippen MR) is 99.0 cm³/mol. The first-order chi connectivity index (χ1) is 11.1. The van der Waals surface area contributed by atoms with Crippen LogP contribution in [0.1, 0.15) is 31.9 Å². The van der Waals surface area contributed by atoms with Gasteiger partial charge in [0.2, 0.25) is 0 Å². The summed E-state index contributed by atoms with van der Waals surface area (Å²) in [5, 5.41) is 10.5. The summed E-state index contributed by atoms with van der Waals surface area (Å²) in [6.07, 6.45) is 0. The van der Waals surface area contributed by atoms with E-state index in [2.05, 4.69) is 65.9 Å². The van der Waals surface area contributed by atoms with Crippen LogP contribution in [-0.4, -0.2) is 57.3 Å². The van der Waals surface area contributed by atoms with Gasteiger partial charge >= 0.3 is 0 Å². The van der Waals surface area contributed by atoms with E-state index in [9.17, 15) is 0 Å². The first-order valence-corrected chi connectivity index (χ1v) is 8.99. The van der Waals surface area contributed by atoms with Crippen molar-refractivity contribution in [2.24, 2.45) is 0 Å². The number of hydrogen-bond donors (Lipinski definition) is 3. The Morgan fingerprint density at radius 1 is 0.783 bits per heavy atom. The number of nitrogens with zero attached hydrogens (tertiary/aromatic N) is 1. The summed E-state index contributed by atoms with van der Waals surface area (Å²) in [7, 11) is 0. The highest BCUT2D eigenvalue weighted by Crippen LogP contribution is 2.22. The Morgan fingerprint density at radius 3 is 1.74 bits per heavy atom. The van der Waals surface area contributed by atoms with Gasteiger partial charge in [-0.25, -0.2) is 0 Å². The van der Waals surface area contributed by atoms with Gasteiger partial charge in [-0.1, -0.05) is 45.0 Å². The molecule has 1 fully saturated rings. The molecule has 1 aromatic rings. The third kappa shape index (κ3) is 7.00. The van der Waals surface area contributed by atoms with Crippen molar-refractivity contribution in [1.29, 1.82) is 0 Å². The first kappa shape index (κ1) is 18.4. The SMILES string of the molecule is CC(C)(C)c1ccc(CN2CCNCCNCCNCC2)cc1. The van der Waals surface area contributed by atoms with Crippen LogP contribution in [0.5, 0.6) is 0 Å². The molecule has 0 saturated carbocycles. The minimum Gasteiger partial charge on any atom is -0.314 e. The van der Waals surface area contributed by atoms with Crippen LogP contribution in [0.4, 0.5) is 0 Å². The molecule has 0 aliphatic carbocycles. The molecule has 0 spiro atoms. The summed E-state index contributed by atoms with van der Waals surface area (Å²) in [6.45, 7) is 16.4. The number of nitrogens with one attached hydrogen (secondary N) is 3. The van der Waals surface area contributed by atoms with Crippen molar-refractivity contribution in [2.45, 2.75) is 32.7 Å². The van der Waals surface area contributed by atoms with Crippen molar-refractivity contribution < 1.29 is 0 Å². The van der Waals surface area contributed by atoms with Gasteiger partial charge in [0.25, 0.3) is 0 Å². The Kier molecular flexibility index (Phi) is 7.50. The Morgan fingerprint density at radius 2 is 1.26 bits per heavy atom. The second-order valence-corrected chi connectivity index (χ2v) is 7.47. The van der Waals surface area contributed by atoms with Crippen LogP contribution in [0, 0.1) is 0 Å². The monoisotopic (exact) mass is 318 g/mol. The fraction of sp³-hybridized carbons (Fsp3) is 0.684. The zero-order valence-electron chi connectivity index (χ0n) is 15.1. The maximum Gasteiger partial charge on any atom is 0.0234 e. The van der Waals surface area contributed by atoms with E-state index in [0.29, 0.717) is 0 Å². The van der Waals surface area contributed by atoms with Gasteiger partial charge in [-0.15, -0.1) is 0 Å². The van der Waals surface area contributed by atoms with E-state index in [4.69, 9.17) is 0 Å². The molecule has 1 aromatic carbocycles. The van der Waals surface area contributed by atoms with E-state index in [1.165, 1.54) is 11.1 Å². The Labute approximate surface area is 142 Å². The number of rotatable bonds is 2. The van der Waals surface area contributed by atoms with Crippen LogP contribution in [-0.2, 0) is 12.0 Å². The standard InChI is InChI=1S/C19H34N4/c1-19(2,3)18-6-4-17(5-7-18)16-23-14-12-21-10-8-20-9-11-22-13-15-23/h4-7,20-22H,8-16H2,1-3H3. The second kappa shape index (κ2) is 9.38. The number of benzene rings is 1. The third-order valence-electron chi connectivity index (χ3n) is 4.39. The molecule has 1 saturated heterocycles. The molecule has 0 radical (unpaired) electrons. The molecule has 0 atom stereocenters. The van der Waals surface area contributed by atoms with E-state index in [0.717, 1.165) is 58.9 Å². The maximum atomic E-state index is 3.52. The van der Waals surface area contributed by atoms with Gasteiger partial charge in [0.05, 0.1) is 0 Å². The summed E-state index contributed by atoms with van der Waals surface area (Å²) in [5.74, 6) is 0. The van der Waals surface area contributed by atoms with Gasteiger partial charge in [-0.2, -0.15) is 0 Å². The molecule has 1 heterocycles. The molecular formula is C19H34N4. The fourth-order valence-electron chi connectivity index (χ4n) is 2.84. The molecule has 4 heteroatoms. The van der Waals surface area contributed by atoms with Gasteiger partial charge in [-0.3, -0.25) is 4.90 Å². The third-order valence-corrected chi connectivity index (χ3v) is 4.39. The van der Waals surface area contributed by atoms with Crippen molar-refractivity contribution in [3.05, 3.63) is 35.4 Å². The van der Waals surface area contributed by atoms with Crippen molar-refractivity contribution in [3.63, 3.8) is 0 Å². The molecular weight excluding hydrogens is 284 g/mol. The largest absolute Gasteiger partial charge is 0.314 e. The Hall–Kier alpha value is -0.940. The molecule has 2 rings (SSSR count). The molecule has 3 N–H and O–H groups in total. The van der Waals surface area contributed by atoms with Gasteiger partial charge < -0.3 is 16.0 Å². The maximum absolute atomic E-state index is 3.52. The van der Waals surface area contributed by atoms with E-state index in [1.807, 2.05) is 0 Å². The summed E-state index contributed by atoms with van der Waals surface area (Å²) < 4.78 is 0. The predicted octanol–water partition coefficient (Wildman–Crippen LogP) is 1.57. The van der Waals surface area contributed by atoms with Gasteiger partial charge in [0.15, 0.2) is 0 Å². The number of hydrogen-bond acceptors (Lipinski definition) is 4. The van der Waals surface area contributed by atoms with Crippen LogP contribution in [0.3, 0.4) is 0 Å². The summed E-state index contributed by atoms with van der Waals surface area (Å²) in [6, 6.07) is 9.16. The van der Waals surface area contributed by atoms with Crippen molar-refractivity contribution >= 4 is 0 Å². The zero-order valence-corrected chi connectivity index (χ0v) is 15.1. The van der Waals surface area contributed by atoms with E-state index >= 15 is 0 Å². The molecule has 0 unspecified atom stereocenters. The highest BCUT2D eigenvalue weighted by atomic mass is 15.2. The minimum absolute atomic E-state index is 0.230. The Balaban J connectivity index is 1.89. The van der Waals surface area contributed by atoms with Crippen LogP contribution >= 0.6 is 0 Å². The van der Waals surface area contributed by atoms with Crippen LogP contribution in [0.25, 0.3) is 0 Å². The molecule has 4 nitrogen and oxygen atoms in total.